The highest BCUT2D eigenvalue weighted by Gasteiger charge is 2.27. The number of ether oxygens (including phenoxy) is 1. The number of nitrogens with one attached hydrogen (secondary N) is 1. The van der Waals surface area contributed by atoms with E-state index in [4.69, 9.17) is 9.72 Å². The molecule has 3 aromatic carbocycles. The van der Waals surface area contributed by atoms with E-state index in [2.05, 4.69) is 65.0 Å². The third-order valence-corrected chi connectivity index (χ3v) is 7.32. The van der Waals surface area contributed by atoms with E-state index in [0.717, 1.165) is 67.3 Å². The molecule has 0 aliphatic carbocycles. The highest BCUT2D eigenvalue weighted by molar-refractivity contribution is 5.93. The lowest BCUT2D eigenvalue weighted by Crippen LogP contribution is -2.40. The highest BCUT2D eigenvalue weighted by Crippen LogP contribution is 2.27. The number of benzene rings is 3. The molecule has 1 aliphatic heterocycles. The van der Waals surface area contributed by atoms with Crippen LogP contribution in [0, 0.1) is 5.92 Å². The van der Waals surface area contributed by atoms with Gasteiger partial charge in [-0.3, -0.25) is 9.69 Å². The number of carbonyl (C=O) groups excluding carboxylic acids is 1. The van der Waals surface area contributed by atoms with Crippen LogP contribution in [-0.2, 0) is 17.9 Å². The molecule has 1 atom stereocenters. The van der Waals surface area contributed by atoms with Gasteiger partial charge in [0, 0.05) is 18.8 Å². The van der Waals surface area contributed by atoms with Crippen molar-refractivity contribution in [2.75, 3.05) is 25.5 Å². The lowest BCUT2D eigenvalue weighted by molar-refractivity contribution is -0.121. The summed E-state index contributed by atoms with van der Waals surface area (Å²) >= 11 is 0. The van der Waals surface area contributed by atoms with Crippen molar-refractivity contribution in [2.24, 2.45) is 5.92 Å². The summed E-state index contributed by atoms with van der Waals surface area (Å²) < 4.78 is 7.63. The summed E-state index contributed by atoms with van der Waals surface area (Å²) in [6.45, 7) is 7.48. The fraction of sp³-hybridized carbons (Fsp3) is 0.355. The predicted octanol–water partition coefficient (Wildman–Crippen LogP) is 6.07. The first-order valence-corrected chi connectivity index (χ1v) is 13.2. The van der Waals surface area contributed by atoms with Crippen molar-refractivity contribution >= 4 is 22.6 Å². The van der Waals surface area contributed by atoms with Gasteiger partial charge in [-0.1, -0.05) is 56.3 Å². The monoisotopic (exact) mass is 496 g/mol. The second-order valence-corrected chi connectivity index (χ2v) is 10.3. The quantitative estimate of drug-likeness (QED) is 0.322. The Balaban J connectivity index is 1.32. The van der Waals surface area contributed by atoms with Crippen LogP contribution in [0.5, 0.6) is 5.75 Å². The molecule has 37 heavy (non-hydrogen) atoms. The molecule has 6 heteroatoms. The van der Waals surface area contributed by atoms with Gasteiger partial charge >= 0.3 is 0 Å². The molecule has 0 unspecified atom stereocenters. The number of nitrogens with zero attached hydrogens (tertiary/aromatic N) is 3. The molecule has 192 valence electrons. The van der Waals surface area contributed by atoms with Gasteiger partial charge in [0.15, 0.2) is 0 Å². The summed E-state index contributed by atoms with van der Waals surface area (Å²) in [4.78, 5) is 20.7. The van der Waals surface area contributed by atoms with Gasteiger partial charge in [-0.2, -0.15) is 0 Å². The molecule has 0 spiro atoms. The van der Waals surface area contributed by atoms with Crippen LogP contribution in [0.25, 0.3) is 11.0 Å². The first-order chi connectivity index (χ1) is 18.0. The molecule has 6 nitrogen and oxygen atoms in total. The minimum atomic E-state index is -0.0339. The maximum atomic E-state index is 13.3. The third kappa shape index (κ3) is 5.70. The molecule has 0 saturated carbocycles. The van der Waals surface area contributed by atoms with Gasteiger partial charge in [-0.05, 0) is 66.8 Å². The van der Waals surface area contributed by atoms with E-state index in [1.165, 1.54) is 11.1 Å². The zero-order valence-electron chi connectivity index (χ0n) is 22.0. The molecule has 1 amide bonds. The summed E-state index contributed by atoms with van der Waals surface area (Å²) in [5.41, 5.74) is 5.44. The van der Waals surface area contributed by atoms with Crippen molar-refractivity contribution in [3.05, 3.63) is 89.7 Å². The molecular weight excluding hydrogens is 460 g/mol. The van der Waals surface area contributed by atoms with Crippen LogP contribution in [0.4, 0.5) is 5.69 Å². The maximum Gasteiger partial charge on any atom is 0.228 e. The van der Waals surface area contributed by atoms with Crippen LogP contribution in [0.1, 0.15) is 49.6 Å². The van der Waals surface area contributed by atoms with Crippen molar-refractivity contribution in [1.82, 2.24) is 14.5 Å². The molecule has 1 saturated heterocycles. The number of imidazole rings is 1. The van der Waals surface area contributed by atoms with Crippen LogP contribution in [0.2, 0.25) is 0 Å². The SMILES string of the molecule is COc1ccc(Cn2c(CN3CCC[C@@H](C(=O)Nc4ccccc4C(C)C)C3)nc3ccccc32)cc1. The van der Waals surface area contributed by atoms with Gasteiger partial charge in [0.05, 0.1) is 30.6 Å². The van der Waals surface area contributed by atoms with Crippen LogP contribution in [-0.4, -0.2) is 40.6 Å². The standard InChI is InChI=1S/C31H36N4O2/c1-22(2)26-10-4-5-11-27(26)33-31(36)24-9-8-18-34(20-24)21-30-32-28-12-6-7-13-29(28)35(30)19-23-14-16-25(37-3)17-15-23/h4-7,10-17,22,24H,8-9,18-21H2,1-3H3,(H,33,36)/t24-/m1/s1. The van der Waals surface area contributed by atoms with Crippen LogP contribution >= 0.6 is 0 Å². The summed E-state index contributed by atoms with van der Waals surface area (Å²) in [6, 6.07) is 24.6. The normalized spacial score (nSPS) is 16.3. The zero-order valence-corrected chi connectivity index (χ0v) is 22.0. The van der Waals surface area contributed by atoms with E-state index < -0.39 is 0 Å². The lowest BCUT2D eigenvalue weighted by Gasteiger charge is -2.32. The number of rotatable bonds is 8. The Bertz CT molecular complexity index is 1360. The second kappa shape index (κ2) is 11.2. The van der Waals surface area contributed by atoms with Gasteiger partial charge in [-0.15, -0.1) is 0 Å². The smallest absolute Gasteiger partial charge is 0.228 e. The van der Waals surface area contributed by atoms with Crippen molar-refractivity contribution in [3.8, 4) is 5.75 Å². The lowest BCUT2D eigenvalue weighted by atomic mass is 9.96. The number of anilines is 1. The fourth-order valence-corrected chi connectivity index (χ4v) is 5.30. The number of piperidine rings is 1. The van der Waals surface area contributed by atoms with Gasteiger partial charge < -0.3 is 14.6 Å². The molecule has 1 aromatic heterocycles. The highest BCUT2D eigenvalue weighted by atomic mass is 16.5. The number of amides is 1. The Kier molecular flexibility index (Phi) is 7.56. The molecule has 4 aromatic rings. The largest absolute Gasteiger partial charge is 0.497 e. The molecule has 1 fully saturated rings. The maximum absolute atomic E-state index is 13.3. The molecule has 0 bridgehead atoms. The molecular formula is C31H36N4O2. The zero-order chi connectivity index (χ0) is 25.8. The van der Waals surface area contributed by atoms with E-state index in [0.29, 0.717) is 5.92 Å². The molecule has 5 rings (SSSR count). The number of hydrogen-bond acceptors (Lipinski definition) is 4. The summed E-state index contributed by atoms with van der Waals surface area (Å²) in [6.07, 6.45) is 1.91. The number of methoxy groups -OCH3 is 1. The fourth-order valence-electron chi connectivity index (χ4n) is 5.30. The summed E-state index contributed by atoms with van der Waals surface area (Å²) in [5, 5.41) is 3.22. The molecule has 2 heterocycles. The average Bonchev–Trinajstić information content (AvgIpc) is 3.26. The average molecular weight is 497 g/mol. The minimum absolute atomic E-state index is 0.0339. The van der Waals surface area contributed by atoms with Crippen molar-refractivity contribution < 1.29 is 9.53 Å². The first kappa shape index (κ1) is 25.0. The number of fused-ring (bicyclic) bond motifs is 1. The Labute approximate surface area is 219 Å². The van der Waals surface area contributed by atoms with Crippen LogP contribution < -0.4 is 10.1 Å². The van der Waals surface area contributed by atoms with E-state index in [9.17, 15) is 4.79 Å². The Hall–Kier alpha value is -3.64. The van der Waals surface area contributed by atoms with Gasteiger partial charge in [-0.25, -0.2) is 4.98 Å². The van der Waals surface area contributed by atoms with E-state index in [1.54, 1.807) is 7.11 Å². The van der Waals surface area contributed by atoms with Crippen molar-refractivity contribution in [1.29, 1.82) is 0 Å². The third-order valence-electron chi connectivity index (χ3n) is 7.32. The van der Waals surface area contributed by atoms with Gasteiger partial charge in [0.1, 0.15) is 11.6 Å². The number of aromatic nitrogens is 2. The predicted molar refractivity (Wildman–Crippen MR) is 149 cm³/mol. The van der Waals surface area contributed by atoms with Crippen LogP contribution in [0.3, 0.4) is 0 Å². The number of hydrogen-bond donors (Lipinski definition) is 1. The summed E-state index contributed by atoms with van der Waals surface area (Å²) in [5.74, 6) is 2.33. The van der Waals surface area contributed by atoms with Gasteiger partial charge in [0.25, 0.3) is 0 Å². The number of likely N-dealkylation sites (tertiary alicyclic amines) is 1. The minimum Gasteiger partial charge on any atom is -0.497 e. The molecule has 1 aliphatic rings. The van der Waals surface area contributed by atoms with Crippen LogP contribution in [0.15, 0.2) is 72.8 Å². The van der Waals surface area contributed by atoms with E-state index >= 15 is 0 Å². The number of carbonyl (C=O) groups is 1. The summed E-state index contributed by atoms with van der Waals surface area (Å²) in [7, 11) is 1.69. The van der Waals surface area contributed by atoms with Crippen molar-refractivity contribution in [3.63, 3.8) is 0 Å². The van der Waals surface area contributed by atoms with E-state index in [1.807, 2.05) is 36.4 Å². The Morgan fingerprint density at radius 2 is 1.78 bits per heavy atom. The first-order valence-electron chi connectivity index (χ1n) is 13.2. The molecule has 0 radical (unpaired) electrons. The Morgan fingerprint density at radius 3 is 2.57 bits per heavy atom. The van der Waals surface area contributed by atoms with Gasteiger partial charge in [0.2, 0.25) is 5.91 Å². The Morgan fingerprint density at radius 1 is 1.03 bits per heavy atom. The van der Waals surface area contributed by atoms with Crippen molar-refractivity contribution in [2.45, 2.75) is 45.7 Å². The van der Waals surface area contributed by atoms with E-state index in [-0.39, 0.29) is 11.8 Å². The second-order valence-electron chi connectivity index (χ2n) is 10.3. The number of para-hydroxylation sites is 3. The topological polar surface area (TPSA) is 59.4 Å². The molecule has 1 N–H and O–H groups in total.